The van der Waals surface area contributed by atoms with Gasteiger partial charge in [0.15, 0.2) is 11.0 Å². The van der Waals surface area contributed by atoms with Crippen LogP contribution in [0, 0.1) is 0 Å². The van der Waals surface area contributed by atoms with Crippen LogP contribution in [0.2, 0.25) is 0 Å². The Labute approximate surface area is 144 Å². The number of para-hydroxylation sites is 1. The van der Waals surface area contributed by atoms with Gasteiger partial charge in [-0.2, -0.15) is 0 Å². The minimum Gasteiger partial charge on any atom is -0.391 e. The topological polar surface area (TPSA) is 50.9 Å². The Bertz CT molecular complexity index is 749. The number of rotatable bonds is 6. The van der Waals surface area contributed by atoms with Crippen molar-refractivity contribution in [2.24, 2.45) is 0 Å². The van der Waals surface area contributed by atoms with Crippen LogP contribution in [0.1, 0.15) is 0 Å². The number of aliphatic hydroxyl groups is 1. The molecule has 1 atom stereocenters. The largest absolute Gasteiger partial charge is 0.391 e. The van der Waals surface area contributed by atoms with E-state index in [1.165, 1.54) is 11.8 Å². The van der Waals surface area contributed by atoms with Gasteiger partial charge in [-0.15, -0.1) is 21.8 Å². The maximum atomic E-state index is 9.69. The molecule has 23 heavy (non-hydrogen) atoms. The normalized spacial score (nSPS) is 12.3. The lowest BCUT2D eigenvalue weighted by Crippen LogP contribution is -2.12. The summed E-state index contributed by atoms with van der Waals surface area (Å²) in [5, 5.41) is 19.1. The van der Waals surface area contributed by atoms with E-state index in [1.807, 2.05) is 65.2 Å². The van der Waals surface area contributed by atoms with Gasteiger partial charge in [-0.05, 0) is 12.1 Å². The predicted molar refractivity (Wildman–Crippen MR) is 94.2 cm³/mol. The third-order valence-electron chi connectivity index (χ3n) is 3.26. The summed E-state index contributed by atoms with van der Waals surface area (Å²) in [6, 6.07) is 19.9. The average molecular weight is 346 g/mol. The zero-order valence-electron chi connectivity index (χ0n) is 12.3. The van der Waals surface area contributed by atoms with Gasteiger partial charge in [0, 0.05) is 22.9 Å². The van der Waals surface area contributed by atoms with Crippen molar-refractivity contribution in [3.8, 4) is 17.1 Å². The number of nitrogens with zero attached hydrogens (tertiary/aromatic N) is 3. The molecule has 0 saturated carbocycles. The van der Waals surface area contributed by atoms with Crippen molar-refractivity contribution in [2.45, 2.75) is 11.3 Å². The average Bonchev–Trinajstić information content (AvgIpc) is 3.05. The van der Waals surface area contributed by atoms with Crippen molar-refractivity contribution >= 4 is 23.4 Å². The summed E-state index contributed by atoms with van der Waals surface area (Å²) < 4.78 is 2.00. The number of halogens is 1. The maximum Gasteiger partial charge on any atom is 0.196 e. The summed E-state index contributed by atoms with van der Waals surface area (Å²) in [6.45, 7) is 0. The van der Waals surface area contributed by atoms with E-state index in [9.17, 15) is 5.11 Å². The molecule has 1 N–H and O–H groups in total. The van der Waals surface area contributed by atoms with Gasteiger partial charge in [0.1, 0.15) is 0 Å². The van der Waals surface area contributed by atoms with Crippen molar-refractivity contribution in [1.82, 2.24) is 14.8 Å². The van der Waals surface area contributed by atoms with E-state index in [0.717, 1.165) is 22.2 Å². The van der Waals surface area contributed by atoms with Crippen LogP contribution in [0.4, 0.5) is 0 Å². The summed E-state index contributed by atoms with van der Waals surface area (Å²) in [5.41, 5.74) is 1.98. The molecule has 4 nitrogen and oxygen atoms in total. The number of aromatic nitrogens is 3. The lowest BCUT2D eigenvalue weighted by Gasteiger charge is -2.11. The number of hydrogen-bond acceptors (Lipinski definition) is 4. The van der Waals surface area contributed by atoms with Crippen LogP contribution < -0.4 is 0 Å². The molecule has 0 aliphatic carbocycles. The first-order valence-electron chi connectivity index (χ1n) is 7.22. The number of benzene rings is 2. The summed E-state index contributed by atoms with van der Waals surface area (Å²) in [7, 11) is 0. The van der Waals surface area contributed by atoms with Crippen LogP contribution in [0.25, 0.3) is 17.1 Å². The Kier molecular flexibility index (Phi) is 5.33. The highest BCUT2D eigenvalue weighted by Gasteiger charge is 2.16. The molecule has 0 aliphatic heterocycles. The molecule has 118 valence electrons. The fraction of sp³-hybridized carbons (Fsp3) is 0.176. The zero-order chi connectivity index (χ0) is 16.1. The molecular formula is C17H16ClN3OS. The lowest BCUT2D eigenvalue weighted by atomic mass is 10.2. The monoisotopic (exact) mass is 345 g/mol. The second-order valence-corrected chi connectivity index (χ2v) is 6.26. The number of thioether (sulfide) groups is 1. The van der Waals surface area contributed by atoms with Gasteiger partial charge in [-0.25, -0.2) is 0 Å². The van der Waals surface area contributed by atoms with E-state index < -0.39 is 6.10 Å². The van der Waals surface area contributed by atoms with Gasteiger partial charge in [-0.3, -0.25) is 4.57 Å². The fourth-order valence-corrected chi connectivity index (χ4v) is 3.28. The molecule has 0 amide bonds. The van der Waals surface area contributed by atoms with Crippen LogP contribution in [0.5, 0.6) is 0 Å². The minimum absolute atomic E-state index is 0.206. The van der Waals surface area contributed by atoms with Gasteiger partial charge in [-0.1, -0.05) is 60.3 Å². The van der Waals surface area contributed by atoms with E-state index in [-0.39, 0.29) is 5.88 Å². The highest BCUT2D eigenvalue weighted by Crippen LogP contribution is 2.28. The summed E-state index contributed by atoms with van der Waals surface area (Å²) in [4.78, 5) is 0. The zero-order valence-corrected chi connectivity index (χ0v) is 13.9. The number of alkyl halides is 1. The molecule has 6 heteroatoms. The standard InChI is InChI=1S/C17H16ClN3OS/c18-11-15(22)12-23-17-20-19-16(13-7-3-1-4-8-13)21(17)14-9-5-2-6-10-14/h1-10,15,22H,11-12H2/t15-/m0/s1. The van der Waals surface area contributed by atoms with Crippen molar-refractivity contribution in [3.05, 3.63) is 60.7 Å². The molecule has 0 fully saturated rings. The Balaban J connectivity index is 2.02. The van der Waals surface area contributed by atoms with Gasteiger partial charge in [0.2, 0.25) is 0 Å². The van der Waals surface area contributed by atoms with Crippen molar-refractivity contribution < 1.29 is 5.11 Å². The van der Waals surface area contributed by atoms with Crippen molar-refractivity contribution in [1.29, 1.82) is 0 Å². The molecule has 0 bridgehead atoms. The first-order valence-corrected chi connectivity index (χ1v) is 8.74. The molecule has 1 heterocycles. The van der Waals surface area contributed by atoms with Gasteiger partial charge >= 0.3 is 0 Å². The van der Waals surface area contributed by atoms with Crippen molar-refractivity contribution in [2.75, 3.05) is 11.6 Å². The van der Waals surface area contributed by atoms with E-state index in [4.69, 9.17) is 11.6 Å². The molecule has 3 aromatic rings. The van der Waals surface area contributed by atoms with E-state index in [1.54, 1.807) is 0 Å². The van der Waals surface area contributed by atoms with Gasteiger partial charge in [0.05, 0.1) is 6.10 Å². The molecule has 0 saturated heterocycles. The molecule has 3 rings (SSSR count). The van der Waals surface area contributed by atoms with Crippen LogP contribution in [-0.2, 0) is 0 Å². The smallest absolute Gasteiger partial charge is 0.196 e. The van der Waals surface area contributed by atoms with Gasteiger partial charge < -0.3 is 5.11 Å². The van der Waals surface area contributed by atoms with E-state index in [0.29, 0.717) is 5.75 Å². The third-order valence-corrected chi connectivity index (χ3v) is 4.69. The maximum absolute atomic E-state index is 9.69. The Hall–Kier alpha value is -1.82. The van der Waals surface area contributed by atoms with Crippen LogP contribution in [-0.4, -0.2) is 37.6 Å². The number of aliphatic hydroxyl groups excluding tert-OH is 1. The summed E-state index contributed by atoms with van der Waals surface area (Å²) >= 11 is 7.11. The molecular weight excluding hydrogens is 330 g/mol. The lowest BCUT2D eigenvalue weighted by molar-refractivity contribution is 0.223. The highest BCUT2D eigenvalue weighted by molar-refractivity contribution is 7.99. The van der Waals surface area contributed by atoms with Crippen molar-refractivity contribution in [3.63, 3.8) is 0 Å². The number of hydrogen-bond donors (Lipinski definition) is 1. The van der Waals surface area contributed by atoms with Crippen LogP contribution in [0.15, 0.2) is 65.8 Å². The van der Waals surface area contributed by atoms with E-state index >= 15 is 0 Å². The first-order chi connectivity index (χ1) is 11.3. The molecule has 1 aromatic heterocycles. The van der Waals surface area contributed by atoms with Crippen LogP contribution in [0.3, 0.4) is 0 Å². The second-order valence-electron chi connectivity index (χ2n) is 4.96. The molecule has 0 spiro atoms. The van der Waals surface area contributed by atoms with Gasteiger partial charge in [0.25, 0.3) is 0 Å². The van der Waals surface area contributed by atoms with Crippen LogP contribution >= 0.6 is 23.4 Å². The molecule has 0 radical (unpaired) electrons. The quantitative estimate of drug-likeness (QED) is 0.547. The second kappa shape index (κ2) is 7.64. The molecule has 0 aliphatic rings. The minimum atomic E-state index is -0.567. The Morgan fingerprint density at radius 3 is 2.30 bits per heavy atom. The SMILES string of the molecule is O[C@@H](CCl)CSc1nnc(-c2ccccc2)n1-c1ccccc1. The fourth-order valence-electron chi connectivity index (χ4n) is 2.16. The first kappa shape index (κ1) is 16.1. The Morgan fingerprint density at radius 2 is 1.65 bits per heavy atom. The highest BCUT2D eigenvalue weighted by atomic mass is 35.5. The summed E-state index contributed by atoms with van der Waals surface area (Å²) in [5.74, 6) is 1.46. The van der Waals surface area contributed by atoms with E-state index in [2.05, 4.69) is 10.2 Å². The molecule has 2 aromatic carbocycles. The Morgan fingerprint density at radius 1 is 1.00 bits per heavy atom. The third kappa shape index (κ3) is 3.75. The molecule has 0 unspecified atom stereocenters. The predicted octanol–water partition coefficient (Wildman–Crippen LogP) is 3.63. The summed E-state index contributed by atoms with van der Waals surface area (Å²) in [6.07, 6.45) is -0.567.